The van der Waals surface area contributed by atoms with Gasteiger partial charge in [-0.1, -0.05) is 29.8 Å². The number of carbonyl (C=O) groups is 1. The monoisotopic (exact) mass is 520 g/mol. The van der Waals surface area contributed by atoms with Gasteiger partial charge in [-0.05, 0) is 40.0 Å². The van der Waals surface area contributed by atoms with Gasteiger partial charge in [0.05, 0.1) is 26.8 Å². The van der Waals surface area contributed by atoms with Crippen LogP contribution in [0, 0.1) is 0 Å². The second-order valence-electron chi connectivity index (χ2n) is 6.57. The van der Waals surface area contributed by atoms with Gasteiger partial charge in [0.2, 0.25) is 0 Å². The van der Waals surface area contributed by atoms with Gasteiger partial charge in [0.1, 0.15) is 4.34 Å². The van der Waals surface area contributed by atoms with Crippen LogP contribution in [-0.4, -0.2) is 28.3 Å². The molecular formula is C19H17BrClF3N4OS. The van der Waals surface area contributed by atoms with Crippen molar-refractivity contribution in [3.8, 4) is 11.3 Å². The lowest BCUT2D eigenvalue weighted by Crippen LogP contribution is -2.41. The zero-order valence-corrected chi connectivity index (χ0v) is 18.8. The van der Waals surface area contributed by atoms with Gasteiger partial charge in [-0.3, -0.25) is 9.48 Å². The van der Waals surface area contributed by atoms with E-state index in [1.165, 1.54) is 6.07 Å². The van der Waals surface area contributed by atoms with Crippen molar-refractivity contribution in [2.45, 2.75) is 18.6 Å². The standard InChI is InChI=1S/C19H17BrClF3N4OS/c1-28-16(14(20)9-26-28)13-7-15(30-17(13)21)18(29)27-12(8-25)6-10-3-2-4-11(5-10)19(22,23)24/h2-5,7,9,12H,6,8,25H2,1H3,(H,27,29)/t12-/m0/s1. The van der Waals surface area contributed by atoms with Crippen molar-refractivity contribution in [1.82, 2.24) is 15.1 Å². The molecule has 0 spiro atoms. The lowest BCUT2D eigenvalue weighted by atomic mass is 10.0. The van der Waals surface area contributed by atoms with Crippen LogP contribution in [0.15, 0.2) is 41.0 Å². The van der Waals surface area contributed by atoms with Gasteiger partial charge >= 0.3 is 6.18 Å². The highest BCUT2D eigenvalue weighted by molar-refractivity contribution is 9.10. The Morgan fingerprint density at radius 1 is 1.40 bits per heavy atom. The third-order valence-corrected chi connectivity index (χ3v) is 6.35. The molecule has 0 saturated heterocycles. The second-order valence-corrected chi connectivity index (χ2v) is 9.08. The SMILES string of the molecule is Cn1ncc(Br)c1-c1cc(C(=O)N[C@H](CN)Cc2cccc(C(F)(F)F)c2)sc1Cl. The zero-order valence-electron chi connectivity index (χ0n) is 15.6. The molecule has 1 aromatic carbocycles. The van der Waals surface area contributed by atoms with Crippen molar-refractivity contribution in [1.29, 1.82) is 0 Å². The van der Waals surface area contributed by atoms with Gasteiger partial charge in [0.15, 0.2) is 0 Å². The van der Waals surface area contributed by atoms with E-state index in [1.807, 2.05) is 0 Å². The molecule has 0 saturated carbocycles. The summed E-state index contributed by atoms with van der Waals surface area (Å²) in [6, 6.07) is 6.10. The summed E-state index contributed by atoms with van der Waals surface area (Å²) in [5, 5.41) is 6.92. The van der Waals surface area contributed by atoms with Crippen molar-refractivity contribution < 1.29 is 18.0 Å². The largest absolute Gasteiger partial charge is 0.416 e. The third kappa shape index (κ3) is 5.05. The molecule has 0 bridgehead atoms. The number of aryl methyl sites for hydroxylation is 1. The average Bonchev–Trinajstić information content (AvgIpc) is 3.22. The molecule has 0 fully saturated rings. The summed E-state index contributed by atoms with van der Waals surface area (Å²) in [6.45, 7) is 0.0707. The summed E-state index contributed by atoms with van der Waals surface area (Å²) < 4.78 is 41.5. The molecule has 0 aliphatic carbocycles. The lowest BCUT2D eigenvalue weighted by Gasteiger charge is -2.17. The van der Waals surface area contributed by atoms with Crippen molar-refractivity contribution in [3.63, 3.8) is 0 Å². The average molecular weight is 522 g/mol. The Bertz CT molecular complexity index is 1050. The van der Waals surface area contributed by atoms with Crippen LogP contribution >= 0.6 is 38.9 Å². The first-order chi connectivity index (χ1) is 14.1. The second kappa shape index (κ2) is 9.09. The van der Waals surface area contributed by atoms with Crippen LogP contribution in [0.5, 0.6) is 0 Å². The Labute approximate surface area is 188 Å². The molecule has 2 aromatic heterocycles. The molecule has 0 aliphatic heterocycles. The third-order valence-electron chi connectivity index (χ3n) is 4.42. The smallest absolute Gasteiger partial charge is 0.347 e. The molecule has 2 heterocycles. The molecule has 0 radical (unpaired) electrons. The maximum atomic E-state index is 12.9. The van der Waals surface area contributed by atoms with E-state index in [2.05, 4.69) is 26.3 Å². The van der Waals surface area contributed by atoms with Crippen molar-refractivity contribution in [2.75, 3.05) is 6.54 Å². The number of nitrogens with zero attached hydrogens (tertiary/aromatic N) is 2. The van der Waals surface area contributed by atoms with Crippen LogP contribution in [0.4, 0.5) is 13.2 Å². The first-order valence-electron chi connectivity index (χ1n) is 8.74. The van der Waals surface area contributed by atoms with E-state index >= 15 is 0 Å². The van der Waals surface area contributed by atoms with Gasteiger partial charge < -0.3 is 11.1 Å². The lowest BCUT2D eigenvalue weighted by molar-refractivity contribution is -0.137. The Morgan fingerprint density at radius 3 is 2.73 bits per heavy atom. The molecule has 3 rings (SSSR count). The minimum absolute atomic E-state index is 0.0707. The van der Waals surface area contributed by atoms with E-state index in [9.17, 15) is 18.0 Å². The first-order valence-corrected chi connectivity index (χ1v) is 10.7. The van der Waals surface area contributed by atoms with E-state index in [4.69, 9.17) is 17.3 Å². The first kappa shape index (κ1) is 22.8. The molecule has 5 nitrogen and oxygen atoms in total. The molecule has 1 atom stereocenters. The number of nitrogens with two attached hydrogens (primary N) is 1. The summed E-state index contributed by atoms with van der Waals surface area (Å²) in [7, 11) is 1.76. The fourth-order valence-electron chi connectivity index (χ4n) is 2.96. The topological polar surface area (TPSA) is 72.9 Å². The summed E-state index contributed by atoms with van der Waals surface area (Å²) in [6.07, 6.45) is -2.63. The number of halogens is 5. The molecule has 3 aromatic rings. The number of hydrogen-bond acceptors (Lipinski definition) is 4. The highest BCUT2D eigenvalue weighted by atomic mass is 79.9. The Morgan fingerprint density at radius 2 is 2.13 bits per heavy atom. The maximum absolute atomic E-state index is 12.9. The summed E-state index contributed by atoms with van der Waals surface area (Å²) in [5.74, 6) is -0.395. The number of aromatic nitrogens is 2. The summed E-state index contributed by atoms with van der Waals surface area (Å²) in [4.78, 5) is 13.1. The van der Waals surface area contributed by atoms with Crippen LogP contribution in [-0.2, 0) is 19.6 Å². The van der Waals surface area contributed by atoms with Crippen LogP contribution in [0.25, 0.3) is 11.3 Å². The van der Waals surface area contributed by atoms with E-state index in [1.54, 1.807) is 30.1 Å². The van der Waals surface area contributed by atoms with Crippen LogP contribution in [0.3, 0.4) is 0 Å². The van der Waals surface area contributed by atoms with Crippen molar-refractivity contribution in [3.05, 3.63) is 61.3 Å². The predicted octanol–water partition coefficient (Wildman–Crippen LogP) is 4.88. The van der Waals surface area contributed by atoms with E-state index in [-0.39, 0.29) is 13.0 Å². The fourth-order valence-corrected chi connectivity index (χ4v) is 4.71. The maximum Gasteiger partial charge on any atom is 0.416 e. The number of thiophene rings is 1. The number of amides is 1. The molecule has 11 heteroatoms. The molecule has 3 N–H and O–H groups in total. The Kier molecular flexibility index (Phi) is 6.91. The molecule has 160 valence electrons. The number of hydrogen-bond donors (Lipinski definition) is 2. The van der Waals surface area contributed by atoms with Gasteiger partial charge in [-0.25, -0.2) is 0 Å². The molecular weight excluding hydrogens is 505 g/mol. The number of alkyl halides is 3. The minimum Gasteiger partial charge on any atom is -0.347 e. The van der Waals surface area contributed by atoms with Crippen LogP contribution in [0.2, 0.25) is 4.34 Å². The highest BCUT2D eigenvalue weighted by Gasteiger charge is 2.30. The van der Waals surface area contributed by atoms with Gasteiger partial charge in [0.25, 0.3) is 5.91 Å². The van der Waals surface area contributed by atoms with E-state index < -0.39 is 23.7 Å². The van der Waals surface area contributed by atoms with Gasteiger partial charge in [-0.15, -0.1) is 11.3 Å². The number of nitrogens with one attached hydrogen (secondary N) is 1. The minimum atomic E-state index is -4.43. The fraction of sp³-hybridized carbons (Fsp3) is 0.263. The zero-order chi connectivity index (χ0) is 22.1. The number of carbonyl (C=O) groups excluding carboxylic acids is 1. The summed E-state index contributed by atoms with van der Waals surface area (Å²) >= 11 is 10.8. The van der Waals surface area contributed by atoms with Crippen molar-refractivity contribution >= 4 is 44.8 Å². The molecule has 0 unspecified atom stereocenters. The normalized spacial score (nSPS) is 12.8. The Hall–Kier alpha value is -1.88. The number of benzene rings is 1. The van der Waals surface area contributed by atoms with Crippen molar-refractivity contribution in [2.24, 2.45) is 12.8 Å². The Balaban J connectivity index is 1.76. The number of rotatable bonds is 6. The quantitative estimate of drug-likeness (QED) is 0.485. The van der Waals surface area contributed by atoms with Gasteiger partial charge in [-0.2, -0.15) is 18.3 Å². The van der Waals surface area contributed by atoms with Crippen LogP contribution < -0.4 is 11.1 Å². The van der Waals surface area contributed by atoms with Gasteiger partial charge in [0, 0.05) is 25.2 Å². The highest BCUT2D eigenvalue weighted by Crippen LogP contribution is 2.38. The predicted molar refractivity (Wildman–Crippen MR) is 115 cm³/mol. The van der Waals surface area contributed by atoms with E-state index in [0.29, 0.717) is 20.3 Å². The molecule has 1 amide bonds. The molecule has 0 aliphatic rings. The van der Waals surface area contributed by atoms with Crippen LogP contribution in [0.1, 0.15) is 20.8 Å². The van der Waals surface area contributed by atoms with E-state index in [0.717, 1.165) is 33.6 Å². The molecule has 30 heavy (non-hydrogen) atoms. The summed E-state index contributed by atoms with van der Waals surface area (Å²) in [5.41, 5.74) is 6.83.